The first kappa shape index (κ1) is 19.6. The van der Waals surface area contributed by atoms with Crippen LogP contribution in [0.3, 0.4) is 0 Å². The maximum atomic E-state index is 8.88. The Morgan fingerprint density at radius 1 is 1.14 bits per heavy atom. The summed E-state index contributed by atoms with van der Waals surface area (Å²) in [6.07, 6.45) is 2.45. The van der Waals surface area contributed by atoms with Gasteiger partial charge < -0.3 is 24.5 Å². The van der Waals surface area contributed by atoms with Gasteiger partial charge in [0.2, 0.25) is 0 Å². The molecule has 0 atom stereocenters. The minimum atomic E-state index is -4.64. The fraction of sp³-hybridized carbons (Fsp3) is 0.273. The van der Waals surface area contributed by atoms with Crippen molar-refractivity contribution in [3.63, 3.8) is 0 Å². The van der Waals surface area contributed by atoms with Crippen LogP contribution in [-0.2, 0) is 24.6 Å². The monoisotopic (exact) mass is 324 g/mol. The summed E-state index contributed by atoms with van der Waals surface area (Å²) >= 11 is 0. The Morgan fingerprint density at radius 2 is 1.71 bits per heavy atom. The maximum absolute atomic E-state index is 8.88. The number of phosphoric acid groups is 1. The molecule has 1 rings (SSSR count). The van der Waals surface area contributed by atoms with Crippen molar-refractivity contribution >= 4 is 7.82 Å². The molecule has 0 aliphatic carbocycles. The zero-order chi connectivity index (χ0) is 16.1. The summed E-state index contributed by atoms with van der Waals surface area (Å²) in [6.45, 7) is 3.74. The van der Waals surface area contributed by atoms with Crippen LogP contribution in [0.1, 0.15) is 20.3 Å². The quantitative estimate of drug-likeness (QED) is 0.227. The first-order chi connectivity index (χ1) is 9.86. The van der Waals surface area contributed by atoms with Gasteiger partial charge in [-0.2, -0.15) is 0 Å². The number of rotatable bonds is 7. The number of hydrogen-bond donors (Lipinski definition) is 3. The number of benzene rings is 1. The van der Waals surface area contributed by atoms with Crippen molar-refractivity contribution in [1.82, 2.24) is 0 Å². The minimum Gasteiger partial charge on any atom is -0.311 e. The zero-order valence-corrected chi connectivity index (χ0v) is 12.3. The molecule has 0 amide bonds. The number of hydrogen-bond acceptors (Lipinski definition) is 6. The van der Waals surface area contributed by atoms with Crippen LogP contribution in [-0.4, -0.2) is 14.7 Å². The molecule has 9 nitrogen and oxygen atoms in total. The lowest BCUT2D eigenvalue weighted by molar-refractivity contribution is -0.684. The molecule has 21 heavy (non-hydrogen) atoms. The molecule has 0 aliphatic rings. The second-order valence-corrected chi connectivity index (χ2v) is 4.33. The Kier molecular flexibility index (Phi) is 10.5. The van der Waals surface area contributed by atoms with E-state index in [2.05, 4.69) is 15.1 Å². The van der Waals surface area contributed by atoms with E-state index in [1.807, 2.05) is 19.9 Å². The average Bonchev–Trinajstić information content (AvgIpc) is 2.42. The average molecular weight is 324 g/mol. The summed E-state index contributed by atoms with van der Waals surface area (Å²) in [5.74, 6) is 1.12. The predicted octanol–water partition coefficient (Wildman–Crippen LogP) is 2.18. The van der Waals surface area contributed by atoms with Gasteiger partial charge in [0.1, 0.15) is 5.76 Å². The Hall–Kier alpha value is -1.45. The van der Waals surface area contributed by atoms with Crippen LogP contribution in [0.2, 0.25) is 0 Å². The SMILES string of the molecule is CC=C(CC)OOOOOc1ccccc1.O=P(O)(O)O. The van der Waals surface area contributed by atoms with Gasteiger partial charge in [-0.1, -0.05) is 25.1 Å². The Balaban J connectivity index is 0.000000690. The topological polar surface area (TPSA) is 124 Å². The fourth-order valence-electron chi connectivity index (χ4n) is 0.909. The molecule has 0 unspecified atom stereocenters. The van der Waals surface area contributed by atoms with E-state index in [-0.39, 0.29) is 0 Å². The standard InChI is InChI=1S/C11H14O5.H3O4P/c1-3-10(4-2)12-14-16-15-13-11-8-6-5-7-9-11;1-5(2,3)4/h3,5-9H,4H2,1-2H3;(H3,1,2,3,4). The molecule has 10 heteroatoms. The summed E-state index contributed by atoms with van der Waals surface area (Å²) < 4.78 is 8.88. The van der Waals surface area contributed by atoms with Crippen LogP contribution in [0.4, 0.5) is 0 Å². The molecule has 0 heterocycles. The van der Waals surface area contributed by atoms with Gasteiger partial charge in [0.05, 0.1) is 0 Å². The molecule has 0 aromatic heterocycles. The summed E-state index contributed by atoms with van der Waals surface area (Å²) in [6, 6.07) is 8.85. The van der Waals surface area contributed by atoms with Crippen LogP contribution in [0, 0.1) is 0 Å². The largest absolute Gasteiger partial charge is 0.466 e. The fourth-order valence-corrected chi connectivity index (χ4v) is 0.909. The van der Waals surface area contributed by atoms with Crippen molar-refractivity contribution in [2.45, 2.75) is 20.3 Å². The lowest BCUT2D eigenvalue weighted by Gasteiger charge is -2.04. The summed E-state index contributed by atoms with van der Waals surface area (Å²) in [5, 5.41) is 12.8. The second kappa shape index (κ2) is 11.2. The Morgan fingerprint density at radius 3 is 2.19 bits per heavy atom. The van der Waals surface area contributed by atoms with Gasteiger partial charge in [-0.15, -0.1) is 0 Å². The van der Waals surface area contributed by atoms with Gasteiger partial charge in [0, 0.05) is 21.5 Å². The molecule has 0 saturated carbocycles. The Bertz CT molecular complexity index is 434. The highest BCUT2D eigenvalue weighted by molar-refractivity contribution is 7.45. The van der Waals surface area contributed by atoms with Crippen molar-refractivity contribution < 1.29 is 44.1 Å². The van der Waals surface area contributed by atoms with Crippen molar-refractivity contribution in [3.05, 3.63) is 42.2 Å². The van der Waals surface area contributed by atoms with E-state index in [9.17, 15) is 0 Å². The van der Waals surface area contributed by atoms with Crippen LogP contribution in [0.25, 0.3) is 0 Å². The predicted molar refractivity (Wildman–Crippen MR) is 69.7 cm³/mol. The van der Waals surface area contributed by atoms with Crippen LogP contribution < -0.4 is 4.89 Å². The highest BCUT2D eigenvalue weighted by Crippen LogP contribution is 2.25. The van der Waals surface area contributed by atoms with E-state index in [0.29, 0.717) is 17.9 Å². The van der Waals surface area contributed by atoms with E-state index in [0.717, 1.165) is 0 Å². The van der Waals surface area contributed by atoms with Crippen molar-refractivity contribution in [2.24, 2.45) is 0 Å². The molecular weight excluding hydrogens is 307 g/mol. The zero-order valence-electron chi connectivity index (χ0n) is 11.4. The van der Waals surface area contributed by atoms with Crippen molar-refractivity contribution in [1.29, 1.82) is 0 Å². The van der Waals surface area contributed by atoms with E-state index in [1.165, 1.54) is 0 Å². The van der Waals surface area contributed by atoms with Crippen LogP contribution in [0.5, 0.6) is 5.75 Å². The van der Waals surface area contributed by atoms with Gasteiger partial charge in [-0.25, -0.2) is 4.57 Å². The molecule has 0 aliphatic heterocycles. The van der Waals surface area contributed by atoms with Crippen LogP contribution >= 0.6 is 7.82 Å². The highest BCUT2D eigenvalue weighted by Gasteiger charge is 2.00. The molecule has 0 fully saturated rings. The summed E-state index contributed by atoms with van der Waals surface area (Å²) in [7, 11) is -4.64. The summed E-state index contributed by atoms with van der Waals surface area (Å²) in [5.41, 5.74) is 0. The molecule has 0 bridgehead atoms. The van der Waals surface area contributed by atoms with Gasteiger partial charge in [0.25, 0.3) is 0 Å². The Labute approximate surface area is 121 Å². The minimum absolute atomic E-state index is 0.493. The summed E-state index contributed by atoms with van der Waals surface area (Å²) in [4.78, 5) is 31.0. The lowest BCUT2D eigenvalue weighted by Crippen LogP contribution is -2.01. The third kappa shape index (κ3) is 14.8. The number of allylic oxidation sites excluding steroid dienone is 2. The van der Waals surface area contributed by atoms with Gasteiger partial charge in [-0.05, 0) is 25.1 Å². The number of para-hydroxylation sites is 1. The molecule has 1 aromatic rings. The highest BCUT2D eigenvalue weighted by atomic mass is 31.2. The third-order valence-corrected chi connectivity index (χ3v) is 1.74. The molecule has 0 radical (unpaired) electrons. The smallest absolute Gasteiger partial charge is 0.311 e. The second-order valence-electron chi connectivity index (χ2n) is 3.31. The first-order valence-corrected chi connectivity index (χ1v) is 7.26. The van der Waals surface area contributed by atoms with E-state index < -0.39 is 7.82 Å². The van der Waals surface area contributed by atoms with Gasteiger partial charge in [0.15, 0.2) is 5.75 Å². The van der Waals surface area contributed by atoms with Crippen LogP contribution in [0.15, 0.2) is 42.2 Å². The van der Waals surface area contributed by atoms with E-state index >= 15 is 0 Å². The molecule has 0 saturated heterocycles. The molecule has 120 valence electrons. The van der Waals surface area contributed by atoms with Crippen molar-refractivity contribution in [2.75, 3.05) is 0 Å². The first-order valence-electron chi connectivity index (χ1n) is 5.69. The third-order valence-electron chi connectivity index (χ3n) is 1.74. The van der Waals surface area contributed by atoms with Gasteiger partial charge in [-0.3, -0.25) is 0 Å². The molecule has 0 spiro atoms. The molecule has 3 N–H and O–H groups in total. The lowest BCUT2D eigenvalue weighted by atomic mass is 10.3. The maximum Gasteiger partial charge on any atom is 0.466 e. The van der Waals surface area contributed by atoms with E-state index in [4.69, 9.17) is 29.0 Å². The van der Waals surface area contributed by atoms with Gasteiger partial charge >= 0.3 is 7.82 Å². The van der Waals surface area contributed by atoms with Crippen molar-refractivity contribution in [3.8, 4) is 5.75 Å². The normalized spacial score (nSPS) is 11.4. The molecule has 1 aromatic carbocycles. The molecular formula is C11H17O9P. The van der Waals surface area contributed by atoms with E-state index in [1.54, 1.807) is 30.3 Å².